The Morgan fingerprint density at radius 3 is 3.06 bits per heavy atom. The second-order valence-corrected chi connectivity index (χ2v) is 5.45. The Morgan fingerprint density at radius 2 is 2.33 bits per heavy atom. The fraction of sp³-hybridized carbons (Fsp3) is 0.462. The number of likely N-dealkylation sites (tertiary alicyclic amines) is 1. The van der Waals surface area contributed by atoms with Crippen LogP contribution in [0, 0.1) is 11.7 Å². The maximum Gasteiger partial charge on any atom is 0.256 e. The molecule has 1 atom stereocenters. The lowest BCUT2D eigenvalue weighted by Crippen LogP contribution is -2.42. The van der Waals surface area contributed by atoms with Crippen molar-refractivity contribution < 1.29 is 9.18 Å². The van der Waals surface area contributed by atoms with E-state index in [-0.39, 0.29) is 11.5 Å². The fourth-order valence-electron chi connectivity index (χ4n) is 2.28. The third-order valence-electron chi connectivity index (χ3n) is 3.32. The standard InChI is InChI=1S/C13H16BrFN2O/c14-11-5-1-4-10(12(11)15)13(18)17-6-2-3-9(7-16)8-17/h1,4-5,9H,2-3,6-8,16H2. The molecule has 1 unspecified atom stereocenters. The van der Waals surface area contributed by atoms with Crippen molar-refractivity contribution in [3.05, 3.63) is 34.1 Å². The van der Waals surface area contributed by atoms with Gasteiger partial charge in [-0.1, -0.05) is 6.07 Å². The highest BCUT2D eigenvalue weighted by Crippen LogP contribution is 2.22. The molecule has 0 radical (unpaired) electrons. The Bertz CT molecular complexity index is 453. The molecular weight excluding hydrogens is 299 g/mol. The molecule has 0 spiro atoms. The van der Waals surface area contributed by atoms with Crippen LogP contribution < -0.4 is 5.73 Å². The van der Waals surface area contributed by atoms with E-state index < -0.39 is 5.82 Å². The highest BCUT2D eigenvalue weighted by atomic mass is 79.9. The summed E-state index contributed by atoms with van der Waals surface area (Å²) in [6, 6.07) is 4.78. The van der Waals surface area contributed by atoms with E-state index in [9.17, 15) is 9.18 Å². The molecule has 98 valence electrons. The molecule has 3 nitrogen and oxygen atoms in total. The molecule has 5 heteroatoms. The zero-order valence-electron chi connectivity index (χ0n) is 10.0. The van der Waals surface area contributed by atoms with E-state index in [1.54, 1.807) is 17.0 Å². The lowest BCUT2D eigenvalue weighted by molar-refractivity contribution is 0.0673. The van der Waals surface area contributed by atoms with Gasteiger partial charge in [-0.05, 0) is 53.4 Å². The van der Waals surface area contributed by atoms with Gasteiger partial charge in [0.2, 0.25) is 0 Å². The number of nitrogens with two attached hydrogens (primary N) is 1. The summed E-state index contributed by atoms with van der Waals surface area (Å²) in [5, 5.41) is 0. The zero-order chi connectivity index (χ0) is 13.1. The smallest absolute Gasteiger partial charge is 0.256 e. The van der Waals surface area contributed by atoms with E-state index >= 15 is 0 Å². The lowest BCUT2D eigenvalue weighted by atomic mass is 9.97. The first-order valence-electron chi connectivity index (χ1n) is 6.07. The first-order chi connectivity index (χ1) is 8.63. The first kappa shape index (κ1) is 13.5. The van der Waals surface area contributed by atoms with Crippen molar-refractivity contribution in [1.29, 1.82) is 0 Å². The minimum atomic E-state index is -0.489. The molecule has 1 amide bonds. The van der Waals surface area contributed by atoms with Gasteiger partial charge in [0.15, 0.2) is 0 Å². The first-order valence-corrected chi connectivity index (χ1v) is 6.86. The molecule has 0 bridgehead atoms. The highest BCUT2D eigenvalue weighted by Gasteiger charge is 2.25. The number of benzene rings is 1. The van der Waals surface area contributed by atoms with Crippen LogP contribution in [0.25, 0.3) is 0 Å². The molecule has 1 heterocycles. The number of halogens is 2. The van der Waals surface area contributed by atoms with Crippen LogP contribution in [0.2, 0.25) is 0 Å². The van der Waals surface area contributed by atoms with Crippen molar-refractivity contribution in [2.75, 3.05) is 19.6 Å². The van der Waals surface area contributed by atoms with E-state index in [0.29, 0.717) is 30.0 Å². The van der Waals surface area contributed by atoms with Gasteiger partial charge in [-0.2, -0.15) is 0 Å². The van der Waals surface area contributed by atoms with Crippen molar-refractivity contribution in [2.24, 2.45) is 11.7 Å². The van der Waals surface area contributed by atoms with Gasteiger partial charge in [-0.3, -0.25) is 4.79 Å². The predicted molar refractivity (Wildman–Crippen MR) is 71.8 cm³/mol. The van der Waals surface area contributed by atoms with E-state index in [2.05, 4.69) is 15.9 Å². The van der Waals surface area contributed by atoms with Crippen LogP contribution >= 0.6 is 15.9 Å². The fourth-order valence-corrected chi connectivity index (χ4v) is 2.65. The average Bonchev–Trinajstić information content (AvgIpc) is 2.41. The summed E-state index contributed by atoms with van der Waals surface area (Å²) in [5.74, 6) is -0.401. The molecule has 1 aliphatic rings. The van der Waals surface area contributed by atoms with Gasteiger partial charge >= 0.3 is 0 Å². The molecule has 1 aromatic rings. The van der Waals surface area contributed by atoms with Crippen LogP contribution in [-0.2, 0) is 0 Å². The van der Waals surface area contributed by atoms with Crippen molar-refractivity contribution in [2.45, 2.75) is 12.8 Å². The number of rotatable bonds is 2. The molecule has 18 heavy (non-hydrogen) atoms. The average molecular weight is 315 g/mol. The molecular formula is C13H16BrFN2O. The number of hydrogen-bond acceptors (Lipinski definition) is 2. The molecule has 1 fully saturated rings. The zero-order valence-corrected chi connectivity index (χ0v) is 11.6. The topological polar surface area (TPSA) is 46.3 Å². The summed E-state index contributed by atoms with van der Waals surface area (Å²) in [6.07, 6.45) is 1.98. The number of hydrogen-bond donors (Lipinski definition) is 1. The predicted octanol–water partition coefficient (Wildman–Crippen LogP) is 2.40. The summed E-state index contributed by atoms with van der Waals surface area (Å²) >= 11 is 3.10. The Labute approximate surface area is 114 Å². The Morgan fingerprint density at radius 1 is 1.56 bits per heavy atom. The number of amides is 1. The summed E-state index contributed by atoms with van der Waals surface area (Å²) in [5.41, 5.74) is 5.77. The van der Waals surface area contributed by atoms with Gasteiger partial charge in [0.25, 0.3) is 5.91 Å². The van der Waals surface area contributed by atoms with Crippen LogP contribution in [-0.4, -0.2) is 30.4 Å². The van der Waals surface area contributed by atoms with E-state index in [0.717, 1.165) is 12.8 Å². The summed E-state index contributed by atoms with van der Waals surface area (Å²) in [4.78, 5) is 14.0. The molecule has 1 saturated heterocycles. The van der Waals surface area contributed by atoms with Crippen molar-refractivity contribution in [3.63, 3.8) is 0 Å². The van der Waals surface area contributed by atoms with Crippen molar-refractivity contribution in [1.82, 2.24) is 4.90 Å². The Kier molecular flexibility index (Phi) is 4.35. The van der Waals surface area contributed by atoms with Crippen molar-refractivity contribution >= 4 is 21.8 Å². The number of nitrogens with zero attached hydrogens (tertiary/aromatic N) is 1. The van der Waals surface area contributed by atoms with Crippen LogP contribution in [0.3, 0.4) is 0 Å². The van der Waals surface area contributed by atoms with E-state index in [1.807, 2.05) is 0 Å². The van der Waals surface area contributed by atoms with Crippen molar-refractivity contribution in [3.8, 4) is 0 Å². The van der Waals surface area contributed by atoms with E-state index in [4.69, 9.17) is 5.73 Å². The third kappa shape index (κ3) is 2.72. The van der Waals surface area contributed by atoms with Crippen LogP contribution in [0.1, 0.15) is 23.2 Å². The van der Waals surface area contributed by atoms with Crippen LogP contribution in [0.5, 0.6) is 0 Å². The molecule has 0 aliphatic carbocycles. The monoisotopic (exact) mass is 314 g/mol. The summed E-state index contributed by atoms with van der Waals surface area (Å²) in [7, 11) is 0. The second kappa shape index (κ2) is 5.80. The highest BCUT2D eigenvalue weighted by molar-refractivity contribution is 9.10. The number of carbonyl (C=O) groups is 1. The van der Waals surface area contributed by atoms with Gasteiger partial charge < -0.3 is 10.6 Å². The molecule has 1 aromatic carbocycles. The van der Waals surface area contributed by atoms with Gasteiger partial charge in [0.05, 0.1) is 10.0 Å². The minimum Gasteiger partial charge on any atom is -0.338 e. The van der Waals surface area contributed by atoms with Gasteiger partial charge in [-0.25, -0.2) is 4.39 Å². The molecule has 0 saturated carbocycles. The molecule has 1 aliphatic heterocycles. The molecule has 2 rings (SSSR count). The van der Waals surface area contributed by atoms with Gasteiger partial charge in [-0.15, -0.1) is 0 Å². The summed E-state index contributed by atoms with van der Waals surface area (Å²) < 4.78 is 14.2. The Balaban J connectivity index is 2.18. The maximum atomic E-state index is 13.9. The molecule has 0 aromatic heterocycles. The minimum absolute atomic E-state index is 0.127. The maximum absolute atomic E-state index is 13.9. The second-order valence-electron chi connectivity index (χ2n) is 4.60. The third-order valence-corrected chi connectivity index (χ3v) is 3.93. The van der Waals surface area contributed by atoms with Gasteiger partial charge in [0, 0.05) is 13.1 Å². The Hall–Kier alpha value is -0.940. The molecule has 2 N–H and O–H groups in total. The number of piperidine rings is 1. The lowest BCUT2D eigenvalue weighted by Gasteiger charge is -2.32. The van der Waals surface area contributed by atoms with E-state index in [1.165, 1.54) is 6.07 Å². The number of carbonyl (C=O) groups excluding carboxylic acids is 1. The largest absolute Gasteiger partial charge is 0.338 e. The van der Waals surface area contributed by atoms with Gasteiger partial charge in [0.1, 0.15) is 5.82 Å². The normalized spacial score (nSPS) is 19.9. The quantitative estimate of drug-likeness (QED) is 0.911. The SMILES string of the molecule is NCC1CCCN(C(=O)c2cccc(Br)c2F)C1. The summed E-state index contributed by atoms with van der Waals surface area (Å²) in [6.45, 7) is 1.88. The van der Waals surface area contributed by atoms with Crippen LogP contribution in [0.4, 0.5) is 4.39 Å². The van der Waals surface area contributed by atoms with Crippen LogP contribution in [0.15, 0.2) is 22.7 Å².